The van der Waals surface area contributed by atoms with Crippen LogP contribution in [0.4, 0.5) is 33.2 Å². The highest BCUT2D eigenvalue weighted by molar-refractivity contribution is 14.2. The van der Waals surface area contributed by atoms with Gasteiger partial charge in [0.2, 0.25) is 11.9 Å². The van der Waals surface area contributed by atoms with Crippen molar-refractivity contribution in [3.8, 4) is 5.75 Å². The van der Waals surface area contributed by atoms with Crippen LogP contribution in [0, 0.1) is 5.82 Å². The van der Waals surface area contributed by atoms with Crippen LogP contribution < -0.4 is 26.0 Å². The molecule has 4 aromatic rings. The Morgan fingerprint density at radius 1 is 1.19 bits per heavy atom. The molecule has 0 saturated carbocycles. The number of halogens is 2. The summed E-state index contributed by atoms with van der Waals surface area (Å²) in [5.74, 6) is -0.0453. The zero-order valence-electron chi connectivity index (χ0n) is 20.1. The quantitative estimate of drug-likeness (QED) is 0.110. The molecule has 37 heavy (non-hydrogen) atoms. The largest absolute Gasteiger partial charge is 0.495 e. The lowest BCUT2D eigenvalue weighted by Gasteiger charge is -2.16. The van der Waals surface area contributed by atoms with Gasteiger partial charge in [0, 0.05) is 41.3 Å². The molecule has 4 rings (SSSR count). The van der Waals surface area contributed by atoms with E-state index < -0.39 is 13.0 Å². The Morgan fingerprint density at radius 2 is 1.95 bits per heavy atom. The number of amides is 1. The van der Waals surface area contributed by atoms with Crippen molar-refractivity contribution in [2.45, 2.75) is 0 Å². The number of rotatable bonds is 9. The fourth-order valence-corrected chi connectivity index (χ4v) is 6.02. The highest BCUT2D eigenvalue weighted by Crippen LogP contribution is 2.40. The first kappa shape index (κ1) is 27.0. The molecule has 1 amide bonds. The Balaban J connectivity index is 1.83. The van der Waals surface area contributed by atoms with Gasteiger partial charge in [-0.3, -0.25) is 8.77 Å². The van der Waals surface area contributed by atoms with Gasteiger partial charge in [0.15, 0.2) is 11.5 Å². The lowest BCUT2D eigenvalue weighted by Crippen LogP contribution is -2.11. The first-order valence-corrected chi connectivity index (χ1v) is 16.7. The van der Waals surface area contributed by atoms with E-state index in [4.69, 9.17) is 4.74 Å². The maximum atomic E-state index is 15.1. The molecule has 0 radical (unpaired) electrons. The molecule has 0 spiro atoms. The third kappa shape index (κ3) is 5.91. The molecule has 192 valence electrons. The molecule has 9 nitrogen and oxygen atoms in total. The van der Waals surface area contributed by atoms with E-state index in [0.29, 0.717) is 33.8 Å². The van der Waals surface area contributed by atoms with Crippen LogP contribution >= 0.6 is 37.5 Å². The molecule has 0 saturated heterocycles. The second kappa shape index (κ2) is 11.1. The topological polar surface area (TPSA) is 110 Å². The molecule has 13 heteroatoms. The Kier molecular flexibility index (Phi) is 8.10. The smallest absolute Gasteiger partial charge is 0.247 e. The number of anilines is 5. The van der Waals surface area contributed by atoms with Crippen LogP contribution in [0.3, 0.4) is 0 Å². The van der Waals surface area contributed by atoms with E-state index in [1.165, 1.54) is 28.5 Å². The van der Waals surface area contributed by atoms with Gasteiger partial charge in [-0.2, -0.15) is 9.97 Å². The lowest BCUT2D eigenvalue weighted by atomic mass is 10.2. The number of hydrogen-bond donors (Lipinski definition) is 3. The summed E-state index contributed by atoms with van der Waals surface area (Å²) in [7, 11) is 0.115. The Labute approximate surface area is 229 Å². The molecule has 0 aliphatic carbocycles. The monoisotopic (exact) mass is 652 g/mol. The van der Waals surface area contributed by atoms with E-state index in [2.05, 4.69) is 32.5 Å². The minimum absolute atomic E-state index is 0.152. The highest BCUT2D eigenvalue weighted by atomic mass is 127. The van der Waals surface area contributed by atoms with E-state index in [1.54, 1.807) is 59.8 Å². The molecule has 0 aliphatic rings. The van der Waals surface area contributed by atoms with Gasteiger partial charge >= 0.3 is 0 Å². The van der Waals surface area contributed by atoms with Gasteiger partial charge in [0.1, 0.15) is 18.7 Å². The molecule has 2 heterocycles. The third-order valence-electron chi connectivity index (χ3n) is 5.28. The van der Waals surface area contributed by atoms with Crippen molar-refractivity contribution in [2.75, 3.05) is 36.4 Å². The molecule has 0 unspecified atom stereocenters. The molecule has 0 bridgehead atoms. The minimum atomic E-state index is -2.65. The van der Waals surface area contributed by atoms with Gasteiger partial charge in [0.25, 0.3) is 0 Å². The lowest BCUT2D eigenvalue weighted by molar-refractivity contribution is -0.111. The predicted octanol–water partition coefficient (Wildman–Crippen LogP) is 6.29. The Morgan fingerprint density at radius 3 is 2.62 bits per heavy atom. The number of nitrogens with zero attached hydrogens (tertiary/aromatic N) is 3. The number of ether oxygens (including phenoxy) is 1. The van der Waals surface area contributed by atoms with Gasteiger partial charge in [-0.05, 0) is 49.7 Å². The fraction of sp³-hybridized carbons (Fsp3) is 0.125. The molecule has 0 fully saturated rings. The van der Waals surface area contributed by atoms with Crippen LogP contribution in [-0.4, -0.2) is 40.3 Å². The number of nitrogens with one attached hydrogen (secondary N) is 3. The van der Waals surface area contributed by atoms with E-state index >= 15 is 4.39 Å². The number of benzene rings is 2. The SMILES string of the molecule is C=CC(=O)Nc1ccc(OC)c(Nc2nc(Nc3ccccc3P(C)(C)=O)c3c(F)cn(SI)c3n2)c1. The van der Waals surface area contributed by atoms with Crippen LogP contribution in [0.15, 0.2) is 61.3 Å². The second-order valence-corrected chi connectivity index (χ2v) is 13.1. The van der Waals surface area contributed by atoms with Crippen LogP contribution in [0.1, 0.15) is 0 Å². The van der Waals surface area contributed by atoms with Crippen molar-refractivity contribution in [1.29, 1.82) is 0 Å². The van der Waals surface area contributed by atoms with Crippen molar-refractivity contribution in [3.63, 3.8) is 0 Å². The number of methoxy groups -OCH3 is 1. The number of carbonyl (C=O) groups is 1. The van der Waals surface area contributed by atoms with Gasteiger partial charge in [-0.15, -0.1) is 0 Å². The fourth-order valence-electron chi connectivity index (χ4n) is 3.63. The molecular formula is C24H23FIN6O3PS. The summed E-state index contributed by atoms with van der Waals surface area (Å²) in [4.78, 5) is 20.9. The van der Waals surface area contributed by atoms with Crippen LogP contribution in [-0.2, 0) is 9.36 Å². The minimum Gasteiger partial charge on any atom is -0.495 e. The summed E-state index contributed by atoms with van der Waals surface area (Å²) >= 11 is 2.04. The van der Waals surface area contributed by atoms with Crippen LogP contribution in [0.2, 0.25) is 0 Å². The first-order chi connectivity index (χ1) is 17.6. The summed E-state index contributed by atoms with van der Waals surface area (Å²) in [6.45, 7) is 6.80. The summed E-state index contributed by atoms with van der Waals surface area (Å²) in [5.41, 5.74) is 1.87. The number of para-hydroxylation sites is 1. The van der Waals surface area contributed by atoms with Crippen molar-refractivity contribution in [3.05, 3.63) is 67.1 Å². The zero-order chi connectivity index (χ0) is 26.7. The number of aromatic nitrogens is 3. The van der Waals surface area contributed by atoms with E-state index in [1.807, 2.05) is 21.2 Å². The summed E-state index contributed by atoms with van der Waals surface area (Å²) < 4.78 is 35.0. The Bertz CT molecular complexity index is 1560. The normalized spacial score (nSPS) is 11.3. The van der Waals surface area contributed by atoms with Crippen molar-refractivity contribution < 1.29 is 18.5 Å². The maximum absolute atomic E-state index is 15.1. The summed E-state index contributed by atoms with van der Waals surface area (Å²) in [6.07, 6.45) is 2.49. The van der Waals surface area contributed by atoms with Crippen molar-refractivity contribution >= 4 is 88.5 Å². The van der Waals surface area contributed by atoms with Crippen LogP contribution in [0.25, 0.3) is 11.0 Å². The van der Waals surface area contributed by atoms with Crippen molar-refractivity contribution in [2.24, 2.45) is 0 Å². The van der Waals surface area contributed by atoms with E-state index in [0.717, 1.165) is 0 Å². The van der Waals surface area contributed by atoms with E-state index in [-0.39, 0.29) is 23.1 Å². The molecule has 0 aliphatic heterocycles. The summed E-state index contributed by atoms with van der Waals surface area (Å²) in [6, 6.07) is 12.2. The van der Waals surface area contributed by atoms with Crippen molar-refractivity contribution in [1.82, 2.24) is 13.9 Å². The first-order valence-electron chi connectivity index (χ1n) is 10.8. The number of carbonyl (C=O) groups excluding carboxylic acids is 1. The molecule has 2 aromatic carbocycles. The van der Waals surface area contributed by atoms with Gasteiger partial charge < -0.3 is 25.3 Å². The maximum Gasteiger partial charge on any atom is 0.247 e. The zero-order valence-corrected chi connectivity index (χ0v) is 23.9. The van der Waals surface area contributed by atoms with Gasteiger partial charge in [0.05, 0.1) is 30.1 Å². The number of fused-ring (bicyclic) bond motifs is 1. The van der Waals surface area contributed by atoms with Crippen LogP contribution in [0.5, 0.6) is 5.75 Å². The second-order valence-electron chi connectivity index (χ2n) is 8.19. The molecule has 0 atom stereocenters. The average molecular weight is 652 g/mol. The third-order valence-corrected chi connectivity index (χ3v) is 8.53. The Hall–Kier alpha value is -3.09. The van der Waals surface area contributed by atoms with Gasteiger partial charge in [-0.25, -0.2) is 4.39 Å². The highest BCUT2D eigenvalue weighted by Gasteiger charge is 2.21. The summed E-state index contributed by atoms with van der Waals surface area (Å²) in [5, 5.41) is 9.78. The molecular weight excluding hydrogens is 629 g/mol. The molecule has 2 aromatic heterocycles. The van der Waals surface area contributed by atoms with E-state index in [9.17, 15) is 9.36 Å². The number of hydrogen-bond acceptors (Lipinski definition) is 8. The average Bonchev–Trinajstić information content (AvgIpc) is 3.19. The van der Waals surface area contributed by atoms with Gasteiger partial charge in [-0.1, -0.05) is 18.7 Å². The molecule has 3 N–H and O–H groups in total. The standard InChI is InChI=1S/C24H23FIN6O3PS/c1-5-20(33)27-14-10-11-18(35-2)17(12-14)29-24-30-22(21-15(25)13-32(37-26)23(21)31-24)28-16-8-6-7-9-19(16)36(3,4)34/h5-13H,1H2,2-4H3,(H,27,33)(H2,28,29,30,31). The predicted molar refractivity (Wildman–Crippen MR) is 158 cm³/mol.